The van der Waals surface area contributed by atoms with Crippen LogP contribution in [0.2, 0.25) is 0 Å². The maximum Gasteiger partial charge on any atom is 0.237 e. The molecule has 1 amide bonds. The summed E-state index contributed by atoms with van der Waals surface area (Å²) in [5, 5.41) is 8.48. The monoisotopic (exact) mass is 217 g/mol. The summed E-state index contributed by atoms with van der Waals surface area (Å²) in [6.07, 6.45) is -0.0698. The molecule has 0 spiro atoms. The zero-order valence-corrected chi connectivity index (χ0v) is 9.60. The van der Waals surface area contributed by atoms with Crippen molar-refractivity contribution >= 4 is 5.91 Å². The van der Waals surface area contributed by atoms with Gasteiger partial charge in [-0.1, -0.05) is 6.07 Å². The zero-order valence-electron chi connectivity index (χ0n) is 9.60. The van der Waals surface area contributed by atoms with Gasteiger partial charge in [0.2, 0.25) is 5.91 Å². The summed E-state index contributed by atoms with van der Waals surface area (Å²) >= 11 is 0. The van der Waals surface area contributed by atoms with Gasteiger partial charge in [-0.25, -0.2) is 0 Å². The highest BCUT2D eigenvalue weighted by Gasteiger charge is 2.11. The first-order valence-corrected chi connectivity index (χ1v) is 5.24. The van der Waals surface area contributed by atoms with Gasteiger partial charge in [-0.05, 0) is 26.0 Å². The highest BCUT2D eigenvalue weighted by Crippen LogP contribution is 2.04. The van der Waals surface area contributed by atoms with Crippen LogP contribution in [0.15, 0.2) is 18.2 Å². The molecule has 0 fully saturated rings. The van der Waals surface area contributed by atoms with Crippen molar-refractivity contribution in [2.24, 2.45) is 0 Å². The van der Waals surface area contributed by atoms with Crippen molar-refractivity contribution in [2.75, 3.05) is 6.54 Å². The number of pyridine rings is 1. The molecular weight excluding hydrogens is 202 g/mol. The van der Waals surface area contributed by atoms with Gasteiger partial charge in [0.05, 0.1) is 18.3 Å². The number of rotatable bonds is 4. The molecule has 0 saturated heterocycles. The van der Waals surface area contributed by atoms with Gasteiger partial charge in [0.15, 0.2) is 0 Å². The average molecular weight is 217 g/mol. The molecule has 0 aromatic carbocycles. The number of hydrogen-bond donors (Lipinski definition) is 0. The molecular formula is C12H15N3O. The second-order valence-corrected chi connectivity index (χ2v) is 3.51. The molecule has 0 aliphatic carbocycles. The van der Waals surface area contributed by atoms with E-state index in [0.717, 1.165) is 11.4 Å². The van der Waals surface area contributed by atoms with E-state index in [1.165, 1.54) is 0 Å². The number of carbonyl (C=O) groups excluding carboxylic acids is 1. The number of nitrogens with zero attached hydrogens (tertiary/aromatic N) is 3. The van der Waals surface area contributed by atoms with Gasteiger partial charge in [-0.3, -0.25) is 9.78 Å². The molecule has 0 aliphatic rings. The van der Waals surface area contributed by atoms with Gasteiger partial charge in [0.25, 0.3) is 0 Å². The molecule has 0 bridgehead atoms. The fourth-order valence-electron chi connectivity index (χ4n) is 1.44. The number of amides is 1. The Morgan fingerprint density at radius 3 is 2.88 bits per heavy atom. The minimum atomic E-state index is -0.145. The third kappa shape index (κ3) is 3.35. The van der Waals surface area contributed by atoms with E-state index in [-0.39, 0.29) is 12.3 Å². The summed E-state index contributed by atoms with van der Waals surface area (Å²) < 4.78 is 0. The molecule has 16 heavy (non-hydrogen) atoms. The number of nitriles is 1. The Balaban J connectivity index is 2.71. The molecule has 4 heteroatoms. The fraction of sp³-hybridized carbons (Fsp3) is 0.417. The van der Waals surface area contributed by atoms with Gasteiger partial charge in [0.1, 0.15) is 6.42 Å². The van der Waals surface area contributed by atoms with Crippen LogP contribution in [0.1, 0.15) is 24.7 Å². The predicted octanol–water partition coefficient (Wildman–Crippen LogP) is 1.65. The van der Waals surface area contributed by atoms with E-state index in [1.807, 2.05) is 38.1 Å². The minimum Gasteiger partial charge on any atom is -0.336 e. The van der Waals surface area contributed by atoms with Crippen molar-refractivity contribution in [3.8, 4) is 6.07 Å². The zero-order chi connectivity index (χ0) is 12.0. The molecule has 0 unspecified atom stereocenters. The van der Waals surface area contributed by atoms with Gasteiger partial charge >= 0.3 is 0 Å². The summed E-state index contributed by atoms with van der Waals surface area (Å²) in [6, 6.07) is 7.58. The lowest BCUT2D eigenvalue weighted by Gasteiger charge is -2.19. The standard InChI is InChI=1S/C12H15N3O/c1-3-15(12(16)7-8-13)9-11-6-4-5-10(2)14-11/h4-6H,3,7,9H2,1-2H3. The maximum atomic E-state index is 11.5. The van der Waals surface area contributed by atoms with E-state index in [4.69, 9.17) is 5.26 Å². The molecule has 1 aromatic rings. The first-order chi connectivity index (χ1) is 7.67. The van der Waals surface area contributed by atoms with Crippen LogP contribution in [-0.2, 0) is 11.3 Å². The quantitative estimate of drug-likeness (QED) is 0.770. The van der Waals surface area contributed by atoms with Crippen molar-refractivity contribution < 1.29 is 4.79 Å². The lowest BCUT2D eigenvalue weighted by molar-refractivity contribution is -0.130. The van der Waals surface area contributed by atoms with Crippen molar-refractivity contribution in [3.63, 3.8) is 0 Å². The summed E-state index contributed by atoms with van der Waals surface area (Å²) in [5.74, 6) is -0.145. The fourth-order valence-corrected chi connectivity index (χ4v) is 1.44. The van der Waals surface area contributed by atoms with Crippen LogP contribution in [0.25, 0.3) is 0 Å². The van der Waals surface area contributed by atoms with E-state index in [1.54, 1.807) is 4.90 Å². The van der Waals surface area contributed by atoms with Crippen LogP contribution < -0.4 is 0 Å². The average Bonchev–Trinajstić information content (AvgIpc) is 2.26. The van der Waals surface area contributed by atoms with Crippen LogP contribution >= 0.6 is 0 Å². The van der Waals surface area contributed by atoms with E-state index < -0.39 is 0 Å². The van der Waals surface area contributed by atoms with Crippen molar-refractivity contribution in [1.29, 1.82) is 5.26 Å². The third-order valence-electron chi connectivity index (χ3n) is 2.26. The Morgan fingerprint density at radius 1 is 1.56 bits per heavy atom. The highest BCUT2D eigenvalue weighted by atomic mass is 16.2. The Hall–Kier alpha value is -1.89. The van der Waals surface area contributed by atoms with Gasteiger partial charge in [-0.2, -0.15) is 5.26 Å². The molecule has 0 radical (unpaired) electrons. The van der Waals surface area contributed by atoms with Crippen LogP contribution in [0.4, 0.5) is 0 Å². The molecule has 0 atom stereocenters. The first-order valence-electron chi connectivity index (χ1n) is 5.24. The molecule has 84 valence electrons. The molecule has 0 saturated carbocycles. The Kier molecular flexibility index (Phi) is 4.46. The van der Waals surface area contributed by atoms with E-state index >= 15 is 0 Å². The topological polar surface area (TPSA) is 57.0 Å². The second-order valence-electron chi connectivity index (χ2n) is 3.51. The normalized spacial score (nSPS) is 9.56. The van der Waals surface area contributed by atoms with Gasteiger partial charge in [-0.15, -0.1) is 0 Å². The lowest BCUT2D eigenvalue weighted by Crippen LogP contribution is -2.30. The Labute approximate surface area is 95.5 Å². The maximum absolute atomic E-state index is 11.5. The summed E-state index contributed by atoms with van der Waals surface area (Å²) in [5.41, 5.74) is 1.79. The van der Waals surface area contributed by atoms with Crippen molar-refractivity contribution in [1.82, 2.24) is 9.88 Å². The number of aryl methyl sites for hydroxylation is 1. The predicted molar refractivity (Wildman–Crippen MR) is 60.3 cm³/mol. The molecule has 1 aromatic heterocycles. The number of hydrogen-bond acceptors (Lipinski definition) is 3. The molecule has 4 nitrogen and oxygen atoms in total. The summed E-state index contributed by atoms with van der Waals surface area (Å²) in [7, 11) is 0. The number of carbonyl (C=O) groups is 1. The summed E-state index contributed by atoms with van der Waals surface area (Å²) in [4.78, 5) is 17.5. The van der Waals surface area contributed by atoms with Crippen molar-refractivity contribution in [3.05, 3.63) is 29.6 Å². The molecule has 1 rings (SSSR count). The van der Waals surface area contributed by atoms with Crippen LogP contribution in [0.3, 0.4) is 0 Å². The largest absolute Gasteiger partial charge is 0.336 e. The smallest absolute Gasteiger partial charge is 0.237 e. The third-order valence-corrected chi connectivity index (χ3v) is 2.26. The van der Waals surface area contributed by atoms with Crippen LogP contribution in [0.5, 0.6) is 0 Å². The lowest BCUT2D eigenvalue weighted by atomic mass is 10.3. The first kappa shape index (κ1) is 12.2. The van der Waals surface area contributed by atoms with Gasteiger partial charge < -0.3 is 4.90 Å². The minimum absolute atomic E-state index is 0.0698. The van der Waals surface area contributed by atoms with E-state index in [0.29, 0.717) is 13.1 Å². The molecule has 0 aliphatic heterocycles. The molecule has 1 heterocycles. The van der Waals surface area contributed by atoms with E-state index in [2.05, 4.69) is 4.98 Å². The molecule has 0 N–H and O–H groups in total. The SMILES string of the molecule is CCN(Cc1cccc(C)n1)C(=O)CC#N. The Bertz CT molecular complexity index is 409. The van der Waals surface area contributed by atoms with Crippen LogP contribution in [-0.4, -0.2) is 22.3 Å². The second kappa shape index (κ2) is 5.86. The number of aromatic nitrogens is 1. The highest BCUT2D eigenvalue weighted by molar-refractivity contribution is 5.78. The van der Waals surface area contributed by atoms with Gasteiger partial charge in [0, 0.05) is 12.2 Å². The van der Waals surface area contributed by atoms with E-state index in [9.17, 15) is 4.79 Å². The summed E-state index contributed by atoms with van der Waals surface area (Å²) in [6.45, 7) is 4.87. The Morgan fingerprint density at radius 2 is 2.31 bits per heavy atom. The van der Waals surface area contributed by atoms with Crippen molar-refractivity contribution in [2.45, 2.75) is 26.8 Å². The van der Waals surface area contributed by atoms with Crippen LogP contribution in [0, 0.1) is 18.3 Å².